The van der Waals surface area contributed by atoms with Crippen molar-refractivity contribution in [2.75, 3.05) is 19.0 Å². The SMILES string of the molecule is CCC(COC)Nc1ccnc(C#N)c1. The molecule has 0 aromatic carbocycles. The summed E-state index contributed by atoms with van der Waals surface area (Å²) in [6, 6.07) is 5.86. The van der Waals surface area contributed by atoms with E-state index >= 15 is 0 Å². The molecule has 0 amide bonds. The van der Waals surface area contributed by atoms with Crippen LogP contribution in [0.15, 0.2) is 18.3 Å². The third-order valence-corrected chi connectivity index (χ3v) is 2.11. The first kappa shape index (κ1) is 11.5. The van der Waals surface area contributed by atoms with E-state index in [4.69, 9.17) is 10.00 Å². The summed E-state index contributed by atoms with van der Waals surface area (Å²) >= 11 is 0. The average Bonchev–Trinajstić information content (AvgIpc) is 2.29. The fourth-order valence-corrected chi connectivity index (χ4v) is 1.28. The largest absolute Gasteiger partial charge is 0.383 e. The Morgan fingerprint density at radius 2 is 2.47 bits per heavy atom. The van der Waals surface area contributed by atoms with Crippen LogP contribution in [0.25, 0.3) is 0 Å². The molecule has 0 aliphatic heterocycles. The number of rotatable bonds is 5. The molecule has 0 fully saturated rings. The summed E-state index contributed by atoms with van der Waals surface area (Å²) in [5.41, 5.74) is 1.33. The lowest BCUT2D eigenvalue weighted by Gasteiger charge is -2.16. The second-order valence-corrected chi connectivity index (χ2v) is 3.25. The molecular formula is C11H15N3O. The van der Waals surface area contributed by atoms with E-state index in [0.29, 0.717) is 12.3 Å². The van der Waals surface area contributed by atoms with Crippen molar-refractivity contribution in [2.45, 2.75) is 19.4 Å². The minimum atomic E-state index is 0.268. The Bertz CT molecular complexity index is 346. The van der Waals surface area contributed by atoms with Crippen molar-refractivity contribution in [3.05, 3.63) is 24.0 Å². The summed E-state index contributed by atoms with van der Waals surface area (Å²) in [4.78, 5) is 3.90. The van der Waals surface area contributed by atoms with Gasteiger partial charge >= 0.3 is 0 Å². The van der Waals surface area contributed by atoms with Gasteiger partial charge in [0.2, 0.25) is 0 Å². The summed E-state index contributed by atoms with van der Waals surface area (Å²) in [7, 11) is 1.68. The van der Waals surface area contributed by atoms with Crippen LogP contribution in [0.4, 0.5) is 5.69 Å². The summed E-state index contributed by atoms with van der Waals surface area (Å²) in [6.45, 7) is 2.74. The van der Waals surface area contributed by atoms with Crippen molar-refractivity contribution >= 4 is 5.69 Å². The van der Waals surface area contributed by atoms with Gasteiger partial charge in [-0.2, -0.15) is 5.26 Å². The zero-order chi connectivity index (χ0) is 11.1. The Morgan fingerprint density at radius 3 is 3.07 bits per heavy atom. The Morgan fingerprint density at radius 1 is 1.67 bits per heavy atom. The van der Waals surface area contributed by atoms with Gasteiger partial charge in [0.15, 0.2) is 0 Å². The van der Waals surface area contributed by atoms with E-state index in [1.54, 1.807) is 19.4 Å². The number of methoxy groups -OCH3 is 1. The molecule has 1 aromatic rings. The van der Waals surface area contributed by atoms with Crippen molar-refractivity contribution in [1.82, 2.24) is 4.98 Å². The van der Waals surface area contributed by atoms with Gasteiger partial charge in [-0.1, -0.05) is 6.92 Å². The Balaban J connectivity index is 2.66. The van der Waals surface area contributed by atoms with Gasteiger partial charge in [-0.25, -0.2) is 4.98 Å². The van der Waals surface area contributed by atoms with Gasteiger partial charge in [0.05, 0.1) is 6.61 Å². The minimum absolute atomic E-state index is 0.268. The predicted molar refractivity (Wildman–Crippen MR) is 58.5 cm³/mol. The Hall–Kier alpha value is -1.60. The standard InChI is InChI=1S/C11H15N3O/c1-3-9(8-15-2)14-10-4-5-13-11(6-10)7-12/h4-6,9H,3,8H2,1-2H3,(H,13,14). The highest BCUT2D eigenvalue weighted by Gasteiger charge is 2.05. The summed E-state index contributed by atoms with van der Waals surface area (Å²) in [5, 5.41) is 12.0. The summed E-state index contributed by atoms with van der Waals surface area (Å²) in [5.74, 6) is 0. The van der Waals surface area contributed by atoms with Crippen LogP contribution in [-0.4, -0.2) is 24.7 Å². The Labute approximate surface area is 89.9 Å². The molecule has 4 nitrogen and oxygen atoms in total. The maximum Gasteiger partial charge on any atom is 0.142 e. The minimum Gasteiger partial charge on any atom is -0.383 e. The lowest BCUT2D eigenvalue weighted by atomic mass is 10.2. The molecule has 0 saturated carbocycles. The maximum atomic E-state index is 8.69. The predicted octanol–water partition coefficient (Wildman–Crippen LogP) is 1.79. The zero-order valence-electron chi connectivity index (χ0n) is 9.03. The second-order valence-electron chi connectivity index (χ2n) is 3.25. The van der Waals surface area contributed by atoms with Gasteiger partial charge < -0.3 is 10.1 Å². The lowest BCUT2D eigenvalue weighted by Crippen LogP contribution is -2.23. The Kier molecular flexibility index (Phi) is 4.58. The number of nitrogens with zero attached hydrogens (tertiary/aromatic N) is 2. The van der Waals surface area contributed by atoms with Crippen LogP contribution < -0.4 is 5.32 Å². The van der Waals surface area contributed by atoms with Gasteiger partial charge in [-0.05, 0) is 18.6 Å². The molecule has 1 atom stereocenters. The smallest absolute Gasteiger partial charge is 0.142 e. The number of nitrogens with one attached hydrogen (secondary N) is 1. The molecule has 1 aromatic heterocycles. The molecule has 1 heterocycles. The number of hydrogen-bond acceptors (Lipinski definition) is 4. The third-order valence-electron chi connectivity index (χ3n) is 2.11. The average molecular weight is 205 g/mol. The highest BCUT2D eigenvalue weighted by Crippen LogP contribution is 2.10. The maximum absolute atomic E-state index is 8.69. The van der Waals surface area contributed by atoms with E-state index in [-0.39, 0.29) is 6.04 Å². The van der Waals surface area contributed by atoms with Gasteiger partial charge in [0.1, 0.15) is 11.8 Å². The third kappa shape index (κ3) is 3.56. The molecule has 0 bridgehead atoms. The van der Waals surface area contributed by atoms with Crippen molar-refractivity contribution < 1.29 is 4.74 Å². The molecule has 1 N–H and O–H groups in total. The fraction of sp³-hybridized carbons (Fsp3) is 0.455. The number of hydrogen-bond donors (Lipinski definition) is 1. The first-order valence-corrected chi connectivity index (χ1v) is 4.91. The van der Waals surface area contributed by atoms with E-state index in [2.05, 4.69) is 17.2 Å². The number of aromatic nitrogens is 1. The molecule has 0 aliphatic carbocycles. The van der Waals surface area contributed by atoms with Crippen molar-refractivity contribution in [3.8, 4) is 6.07 Å². The highest BCUT2D eigenvalue weighted by molar-refractivity contribution is 5.46. The molecule has 0 radical (unpaired) electrons. The lowest BCUT2D eigenvalue weighted by molar-refractivity contribution is 0.184. The van der Waals surface area contributed by atoms with Crippen LogP contribution in [0, 0.1) is 11.3 Å². The van der Waals surface area contributed by atoms with E-state index in [0.717, 1.165) is 12.1 Å². The van der Waals surface area contributed by atoms with Crippen LogP contribution in [0.1, 0.15) is 19.0 Å². The van der Waals surface area contributed by atoms with E-state index < -0.39 is 0 Å². The molecular weight excluding hydrogens is 190 g/mol. The number of pyridine rings is 1. The number of nitriles is 1. The van der Waals surface area contributed by atoms with Crippen LogP contribution in [-0.2, 0) is 4.74 Å². The number of ether oxygens (including phenoxy) is 1. The van der Waals surface area contributed by atoms with E-state index in [9.17, 15) is 0 Å². The van der Waals surface area contributed by atoms with Crippen LogP contribution in [0.2, 0.25) is 0 Å². The van der Waals surface area contributed by atoms with Crippen LogP contribution >= 0.6 is 0 Å². The molecule has 15 heavy (non-hydrogen) atoms. The molecule has 80 valence electrons. The molecule has 0 aliphatic rings. The summed E-state index contributed by atoms with van der Waals surface area (Å²) < 4.78 is 5.08. The van der Waals surface area contributed by atoms with Crippen LogP contribution in [0.5, 0.6) is 0 Å². The van der Waals surface area contributed by atoms with Crippen molar-refractivity contribution in [2.24, 2.45) is 0 Å². The van der Waals surface area contributed by atoms with Gasteiger partial charge in [-0.15, -0.1) is 0 Å². The second kappa shape index (κ2) is 5.99. The quantitative estimate of drug-likeness (QED) is 0.796. The first-order valence-electron chi connectivity index (χ1n) is 4.91. The van der Waals surface area contributed by atoms with Crippen molar-refractivity contribution in [1.29, 1.82) is 5.26 Å². The van der Waals surface area contributed by atoms with Gasteiger partial charge in [0.25, 0.3) is 0 Å². The number of anilines is 1. The molecule has 4 heteroatoms. The fourth-order valence-electron chi connectivity index (χ4n) is 1.28. The zero-order valence-corrected chi connectivity index (χ0v) is 9.03. The van der Waals surface area contributed by atoms with E-state index in [1.807, 2.05) is 12.1 Å². The summed E-state index contributed by atoms with van der Waals surface area (Å²) in [6.07, 6.45) is 2.60. The molecule has 0 saturated heterocycles. The normalized spacial score (nSPS) is 11.8. The first-order chi connectivity index (χ1) is 7.30. The topological polar surface area (TPSA) is 57.9 Å². The van der Waals surface area contributed by atoms with Gasteiger partial charge in [-0.3, -0.25) is 0 Å². The van der Waals surface area contributed by atoms with E-state index in [1.165, 1.54) is 0 Å². The highest BCUT2D eigenvalue weighted by atomic mass is 16.5. The van der Waals surface area contributed by atoms with Gasteiger partial charge in [0, 0.05) is 25.0 Å². The monoisotopic (exact) mass is 205 g/mol. The molecule has 1 rings (SSSR count). The van der Waals surface area contributed by atoms with Crippen LogP contribution in [0.3, 0.4) is 0 Å². The molecule has 1 unspecified atom stereocenters. The molecule has 0 spiro atoms. The van der Waals surface area contributed by atoms with Crippen molar-refractivity contribution in [3.63, 3.8) is 0 Å².